The van der Waals surface area contributed by atoms with Crippen molar-refractivity contribution in [1.29, 1.82) is 0 Å². The van der Waals surface area contributed by atoms with E-state index in [0.717, 1.165) is 115 Å². The average Bonchev–Trinajstić information content (AvgIpc) is 1.45. The number of ketones is 3. The third kappa shape index (κ3) is 18.7. The fraction of sp³-hybridized carbons (Fsp3) is 0.536. The Kier molecular flexibility index (Phi) is 24.0. The van der Waals surface area contributed by atoms with Gasteiger partial charge in [0, 0.05) is 91.8 Å². The second-order valence-corrected chi connectivity index (χ2v) is 47.7. The number of hydrogen-bond donors (Lipinski definition) is 7. The maximum Gasteiger partial charge on any atom is 0.281 e. The fourth-order valence-electron chi connectivity index (χ4n) is 24.0. The van der Waals surface area contributed by atoms with Crippen molar-refractivity contribution in [2.45, 2.75) is 215 Å². The Balaban J connectivity index is 0.000000127. The van der Waals surface area contributed by atoms with E-state index in [-0.39, 0.29) is 158 Å². The lowest BCUT2D eigenvalue weighted by molar-refractivity contribution is -0.123. The first kappa shape index (κ1) is 93.6. The smallest absolute Gasteiger partial charge is 0.281 e. The van der Waals surface area contributed by atoms with E-state index in [1.165, 1.54) is 96.8 Å². The normalized spacial score (nSPS) is 22.8. The Hall–Kier alpha value is -11.1. The Morgan fingerprint density at radius 1 is 0.504 bits per heavy atom. The van der Waals surface area contributed by atoms with Crippen molar-refractivity contribution < 1.29 is 68.2 Å². The minimum atomic E-state index is -4.29. The number of ether oxygens (including phenoxy) is 3. The molecule has 40 heteroatoms. The standard InChI is InChI=1S/C33H39ClN6O5S.C32H38ClN7O5S.C32H37N7O5S/c1-31(2)12-10-21(19-31)5-4-17-35-24-6-3-7-27(36-24)46(43,44)39-30(42)22-8-9-25(37-29(22)34)40-18-11-26(38-40)45-20-23(41)28-32(13-14-32)33(28)15-16-33;1-30(2)17-20(18-35-30)5-4-15-34-23-6-3-7-26(36-23)46(43,44)39-29(42)21-8-9-24(37-28(21)33)40-16-10-25(38-40)45-19-22(41)27-31(11-12-31)32(27)13-14-32;1-30(2)17-20-5-4-15-33-23-6-3-7-26(34-23)45(42,43)37-29(41)21-8-9-24(35-28(21)38(30)18-20)39-16-10-25(36-39)44-19-22(40)27-31(11-12-31)32(27)13-14-32/h3,6-9,11,18,21,28H,4-5,10,12-17,19-20H2,1-2H3,(H,35,36)(H,39,42);3,6-10,16,20,27,35H,4-5,11-15,17-19H2,1-2H3,(H,34,36)(H,39,42);3,6-10,16,20,27H,4-5,11-15,17-19H2,1-2H3,(H,33,34)(H,37,41)/t21-;2*20-/m100/s1. The van der Waals surface area contributed by atoms with E-state index >= 15 is 0 Å². The second kappa shape index (κ2) is 35.1. The number of nitrogens with zero attached hydrogens (tertiary/aromatic N) is 13. The Morgan fingerprint density at radius 2 is 0.949 bits per heavy atom. The van der Waals surface area contributed by atoms with Gasteiger partial charge in [-0.25, -0.2) is 58.1 Å². The summed E-state index contributed by atoms with van der Waals surface area (Å²) in [6.07, 6.45) is 30.5. The monoisotopic (exact) mass is 1960 g/mol. The predicted molar refractivity (Wildman–Crippen MR) is 507 cm³/mol. The molecule has 724 valence electrons. The number of amides is 3. The van der Waals surface area contributed by atoms with Crippen LogP contribution in [0.5, 0.6) is 17.6 Å². The zero-order valence-corrected chi connectivity index (χ0v) is 81.4. The van der Waals surface area contributed by atoms with Crippen LogP contribution in [0.15, 0.2) is 143 Å². The van der Waals surface area contributed by atoms with E-state index in [9.17, 15) is 54.0 Å². The second-order valence-electron chi connectivity index (χ2n) is 42.0. The molecule has 13 aliphatic rings. The molecule has 6 spiro atoms. The van der Waals surface area contributed by atoms with Gasteiger partial charge in [0.25, 0.3) is 47.8 Å². The van der Waals surface area contributed by atoms with Gasteiger partial charge in [-0.1, -0.05) is 55.2 Å². The van der Waals surface area contributed by atoms with Crippen LogP contribution < -0.4 is 54.5 Å². The highest BCUT2D eigenvalue weighted by molar-refractivity contribution is 7.90. The number of carbonyl (C=O) groups is 6. The van der Waals surface area contributed by atoms with Gasteiger partial charge in [-0.05, 0) is 310 Å². The first-order valence-corrected chi connectivity index (χ1v) is 52.9. The molecule has 10 saturated carbocycles. The van der Waals surface area contributed by atoms with Gasteiger partial charge in [0.2, 0.25) is 17.6 Å². The van der Waals surface area contributed by atoms with Gasteiger partial charge in [-0.15, -0.1) is 15.3 Å². The third-order valence-corrected chi connectivity index (χ3v) is 35.7. The van der Waals surface area contributed by atoms with Gasteiger partial charge in [-0.2, -0.15) is 25.3 Å². The minimum absolute atomic E-state index is 0.00802. The summed E-state index contributed by atoms with van der Waals surface area (Å²) < 4.78 is 106. The number of nitrogens with one attached hydrogen (secondary N) is 7. The lowest BCUT2D eigenvalue weighted by Gasteiger charge is -2.34. The van der Waals surface area contributed by atoms with E-state index in [0.29, 0.717) is 84.2 Å². The van der Waals surface area contributed by atoms with Crippen LogP contribution in [0, 0.1) is 73.4 Å². The van der Waals surface area contributed by atoms with Crippen LogP contribution in [0.4, 0.5) is 23.3 Å². The van der Waals surface area contributed by atoms with Crippen molar-refractivity contribution in [3.8, 4) is 35.1 Å². The van der Waals surface area contributed by atoms with Crippen LogP contribution in [0.25, 0.3) is 17.5 Å². The molecule has 35 nitrogen and oxygen atoms in total. The van der Waals surface area contributed by atoms with Crippen molar-refractivity contribution in [2.24, 2.45) is 73.4 Å². The number of rotatable bonds is 31. The Bertz CT molecular complexity index is 6360. The van der Waals surface area contributed by atoms with Crippen molar-refractivity contribution >= 4 is 112 Å². The van der Waals surface area contributed by atoms with E-state index in [1.54, 1.807) is 90.0 Å². The van der Waals surface area contributed by atoms with Gasteiger partial charge in [0.15, 0.2) is 49.9 Å². The molecular weight excluding hydrogens is 1850 g/mol. The molecular formula is C97H114Cl2N20O15S3. The maximum atomic E-state index is 13.6. The molecule has 22 rings (SSSR count). The molecule has 9 aromatic heterocycles. The van der Waals surface area contributed by atoms with Gasteiger partial charge >= 0.3 is 0 Å². The molecule has 7 N–H and O–H groups in total. The van der Waals surface area contributed by atoms with Crippen molar-refractivity contribution in [1.82, 2.24) is 78.7 Å². The number of carbonyl (C=O) groups excluding carboxylic acids is 6. The van der Waals surface area contributed by atoms with Crippen molar-refractivity contribution in [3.63, 3.8) is 0 Å². The minimum Gasteiger partial charge on any atom is -0.469 e. The molecule has 3 amide bonds. The summed E-state index contributed by atoms with van der Waals surface area (Å²) in [5, 5.41) is 25.0. The van der Waals surface area contributed by atoms with Gasteiger partial charge in [0.05, 0.1) is 16.7 Å². The van der Waals surface area contributed by atoms with Crippen LogP contribution in [0.1, 0.15) is 220 Å². The number of aromatic nitrogens is 12. The van der Waals surface area contributed by atoms with Crippen LogP contribution in [-0.4, -0.2) is 183 Å². The summed E-state index contributed by atoms with van der Waals surface area (Å²) in [7, 11) is -12.8. The third-order valence-electron chi connectivity index (χ3n) is 31.4. The average molecular weight is 1970 g/mol. The van der Waals surface area contributed by atoms with E-state index < -0.39 is 47.8 Å². The quantitative estimate of drug-likeness (QED) is 0.0157. The first-order chi connectivity index (χ1) is 65.3. The summed E-state index contributed by atoms with van der Waals surface area (Å²) in [6.45, 7) is 16.9. The van der Waals surface area contributed by atoms with Gasteiger partial charge in [0.1, 0.15) is 53.4 Å². The molecule has 12 heterocycles. The summed E-state index contributed by atoms with van der Waals surface area (Å²) in [5.74, 6) is 3.48. The molecule has 4 bridgehead atoms. The zero-order valence-electron chi connectivity index (χ0n) is 77.4. The molecule has 0 aromatic carbocycles. The summed E-state index contributed by atoms with van der Waals surface area (Å²) in [4.78, 5) is 106. The highest BCUT2D eigenvalue weighted by Crippen LogP contribution is 2.94. The molecule has 12 fully saturated rings. The van der Waals surface area contributed by atoms with Gasteiger partial charge < -0.3 is 40.4 Å². The van der Waals surface area contributed by atoms with Crippen LogP contribution in [-0.2, 0) is 44.5 Å². The Morgan fingerprint density at radius 3 is 1.38 bits per heavy atom. The molecule has 2 saturated heterocycles. The number of sulfonamides is 3. The van der Waals surface area contributed by atoms with E-state index in [2.05, 4.69) is 113 Å². The Labute approximate surface area is 805 Å². The topological polar surface area (TPSA) is 451 Å². The summed E-state index contributed by atoms with van der Waals surface area (Å²) in [6, 6.07) is 27.7. The van der Waals surface area contributed by atoms with E-state index in [1.807, 2.05) is 9.44 Å². The van der Waals surface area contributed by atoms with Crippen LogP contribution >= 0.6 is 23.2 Å². The molecule has 137 heavy (non-hydrogen) atoms. The number of Topliss-reactive ketones (excluding diaryl/α,β-unsaturated/α-hetero) is 3. The maximum absolute atomic E-state index is 13.6. The molecule has 3 atom stereocenters. The summed E-state index contributed by atoms with van der Waals surface area (Å²) in [5.41, 5.74) is 1.85. The number of hydrogen-bond acceptors (Lipinski definition) is 29. The molecule has 0 radical (unpaired) electrons. The van der Waals surface area contributed by atoms with Crippen molar-refractivity contribution in [2.75, 3.05) is 73.4 Å². The molecule has 3 aliphatic heterocycles. The van der Waals surface area contributed by atoms with Crippen LogP contribution in [0.2, 0.25) is 10.3 Å². The fourth-order valence-corrected chi connectivity index (χ4v) is 27.2. The molecule has 9 aromatic rings. The zero-order chi connectivity index (χ0) is 95.8. The van der Waals surface area contributed by atoms with Crippen molar-refractivity contribution in [3.05, 3.63) is 155 Å². The summed E-state index contributed by atoms with van der Waals surface area (Å²) >= 11 is 12.6. The lowest BCUT2D eigenvalue weighted by atomic mass is 9.89. The highest BCUT2D eigenvalue weighted by Gasteiger charge is 2.90. The predicted octanol–water partition coefficient (Wildman–Crippen LogP) is 13.5. The molecule has 0 unspecified atom stereocenters. The number of anilines is 4. The SMILES string of the molecule is CC1(C)CC[C@@H](CCCNc2cccc(S(=O)(=O)NC(=O)c3ccc(-n4ccc(OCC(=O)C5C6(CC6)C56CC6)n4)nc3Cl)n2)C1.CC1(C)C[C@@H]2CCCNc3cccc(n3)S(=O)(=O)NC(=O)c3ccc(-n4ccc(OCC(=O)C5C6(CC6)C56CC6)n4)nc3N1C2.CC1(C)C[C@H](CCCNc2cccc(S(=O)(=O)NC(=O)c3ccc(-n4ccc(OCC(=O)C5C6(CC6)C56CC6)n4)nc3Cl)n2)CN1. The lowest BCUT2D eigenvalue weighted by Crippen LogP contribution is -2.41. The van der Waals surface area contributed by atoms with Crippen LogP contribution in [0.3, 0.4) is 0 Å². The largest absolute Gasteiger partial charge is 0.469 e. The van der Waals surface area contributed by atoms with Gasteiger partial charge in [-0.3, -0.25) is 28.8 Å². The first-order valence-electron chi connectivity index (χ1n) is 47.7. The number of fused-ring (bicyclic) bond motifs is 9. The number of pyridine rings is 6. The van der Waals surface area contributed by atoms with E-state index in [4.69, 9.17) is 42.4 Å². The number of halogens is 2. The molecule has 10 aliphatic carbocycles. The highest BCUT2D eigenvalue weighted by atomic mass is 35.5.